The molecule has 0 unspecified atom stereocenters. The van der Waals surface area contributed by atoms with Gasteiger partial charge in [0, 0.05) is 5.56 Å². The Morgan fingerprint density at radius 2 is 1.57 bits per heavy atom. The van der Waals surface area contributed by atoms with Gasteiger partial charge in [0.15, 0.2) is 11.6 Å². The van der Waals surface area contributed by atoms with E-state index in [0.717, 1.165) is 11.6 Å². The summed E-state index contributed by atoms with van der Waals surface area (Å²) in [6, 6.07) is 7.02. The minimum Gasteiger partial charge on any atom is -0.570 e. The maximum Gasteiger partial charge on any atom is 0.193 e. The normalized spacial score (nSPS) is 11.4. The lowest BCUT2D eigenvalue weighted by Gasteiger charge is -2.22. The summed E-state index contributed by atoms with van der Waals surface area (Å²) in [7, 11) is -4.21. The summed E-state index contributed by atoms with van der Waals surface area (Å²) in [5.41, 5.74) is 3.68. The van der Waals surface area contributed by atoms with Gasteiger partial charge in [-0.05, 0) is 18.2 Å². The molecule has 3 N–H and O–H groups in total. The summed E-state index contributed by atoms with van der Waals surface area (Å²) in [6.07, 6.45) is 0. The molecule has 0 bridgehead atoms. The van der Waals surface area contributed by atoms with E-state index in [9.17, 15) is 21.6 Å². The van der Waals surface area contributed by atoms with Gasteiger partial charge in [0.25, 0.3) is 0 Å². The van der Waals surface area contributed by atoms with E-state index in [1.807, 2.05) is 0 Å². The molecule has 0 radical (unpaired) electrons. The van der Waals surface area contributed by atoms with Crippen LogP contribution in [0, 0.1) is 17.5 Å². The Morgan fingerprint density at radius 1 is 0.952 bits per heavy atom. The Bertz CT molecular complexity index is 762. The van der Waals surface area contributed by atoms with Crippen molar-refractivity contribution in [3.8, 4) is 0 Å². The molecule has 2 rings (SSSR count). The summed E-state index contributed by atoms with van der Waals surface area (Å²) in [4.78, 5) is -0.177. The summed E-state index contributed by atoms with van der Waals surface area (Å²) in [5, 5.41) is 0. The van der Waals surface area contributed by atoms with E-state index in [0.29, 0.717) is 12.6 Å². The second kappa shape index (κ2) is 5.74. The fourth-order valence-electron chi connectivity index (χ4n) is 1.60. The highest BCUT2D eigenvalue weighted by molar-refractivity contribution is 7.94. The topological polar surface area (TPSA) is 75.9 Å². The van der Waals surface area contributed by atoms with Crippen molar-refractivity contribution in [2.45, 2.75) is 11.4 Å². The van der Waals surface area contributed by atoms with E-state index in [-0.39, 0.29) is 4.90 Å². The van der Waals surface area contributed by atoms with Crippen LogP contribution in [-0.2, 0) is 16.6 Å². The molecule has 2 aromatic carbocycles. The van der Waals surface area contributed by atoms with Crippen LogP contribution in [0.25, 0.3) is 4.72 Å². The van der Waals surface area contributed by atoms with Gasteiger partial charge in [-0.3, -0.25) is 0 Å². The van der Waals surface area contributed by atoms with Gasteiger partial charge in [0.05, 0.1) is 11.4 Å². The molecule has 0 aliphatic carbocycles. The average Bonchev–Trinajstić information content (AvgIpc) is 2.48. The molecular weight excluding hydrogens is 305 g/mol. The molecule has 8 heteroatoms. The van der Waals surface area contributed by atoms with Crippen LogP contribution in [0.5, 0.6) is 0 Å². The molecular formula is C13H11F3N2O2S. The molecule has 0 saturated heterocycles. The molecule has 0 fully saturated rings. The second-order valence-corrected chi connectivity index (χ2v) is 5.76. The van der Waals surface area contributed by atoms with Crippen molar-refractivity contribution in [2.24, 2.45) is 0 Å². The third-order valence-corrected chi connectivity index (χ3v) is 4.05. The average molecular weight is 316 g/mol. The van der Waals surface area contributed by atoms with Crippen molar-refractivity contribution in [3.05, 3.63) is 64.1 Å². The highest BCUT2D eigenvalue weighted by Crippen LogP contribution is 2.32. The number of benzene rings is 2. The van der Waals surface area contributed by atoms with E-state index < -0.39 is 33.2 Å². The molecule has 0 aliphatic rings. The molecule has 0 spiro atoms. The van der Waals surface area contributed by atoms with Crippen LogP contribution >= 0.6 is 0 Å². The van der Waals surface area contributed by atoms with Crippen LogP contribution in [0.1, 0.15) is 5.56 Å². The molecule has 21 heavy (non-hydrogen) atoms. The van der Waals surface area contributed by atoms with Crippen LogP contribution in [0.3, 0.4) is 0 Å². The van der Waals surface area contributed by atoms with Crippen molar-refractivity contribution >= 4 is 15.7 Å². The third-order valence-electron chi connectivity index (χ3n) is 2.74. The van der Waals surface area contributed by atoms with E-state index >= 15 is 0 Å². The molecule has 4 nitrogen and oxygen atoms in total. The standard InChI is InChI=1S/C13H10F3N2O2S/c14-10-5-6-11(13(16)12(10)15)18-21(19,20)9-3-1-8(7-17)2-4-9/h1-6H,7,17H2/q-1/p+1. The Hall–Kier alpha value is -2.06. The van der Waals surface area contributed by atoms with Crippen LogP contribution < -0.4 is 5.73 Å². The zero-order chi connectivity index (χ0) is 15.6. The Labute approximate surface area is 119 Å². The second-order valence-electron chi connectivity index (χ2n) is 4.15. The lowest BCUT2D eigenvalue weighted by Crippen LogP contribution is -2.47. The number of hydrogen-bond acceptors (Lipinski definition) is 2. The van der Waals surface area contributed by atoms with Crippen LogP contribution in [-0.4, -0.2) is 8.42 Å². The quantitative estimate of drug-likeness (QED) is 0.878. The van der Waals surface area contributed by atoms with Crippen molar-refractivity contribution < 1.29 is 27.3 Å². The van der Waals surface area contributed by atoms with Crippen molar-refractivity contribution in [1.29, 1.82) is 0 Å². The number of halogens is 3. The number of hydrogen-bond donors (Lipinski definition) is 1. The first-order chi connectivity index (χ1) is 9.85. The SMILES string of the molecule is [NH3+]Cc1ccc(S(=O)(=O)[N-]c2ccc(F)c(F)c2F)cc1. The van der Waals surface area contributed by atoms with Gasteiger partial charge in [-0.25, -0.2) is 21.6 Å². The minimum atomic E-state index is -4.21. The van der Waals surface area contributed by atoms with Crippen molar-refractivity contribution in [1.82, 2.24) is 0 Å². The number of nitrogens with zero attached hydrogens (tertiary/aromatic N) is 1. The molecule has 2 aromatic rings. The molecule has 0 aliphatic heterocycles. The highest BCUT2D eigenvalue weighted by Gasteiger charge is 2.12. The summed E-state index contributed by atoms with van der Waals surface area (Å²) >= 11 is 0. The molecule has 0 saturated carbocycles. The van der Waals surface area contributed by atoms with Gasteiger partial charge >= 0.3 is 0 Å². The number of sulfonamides is 1. The predicted molar refractivity (Wildman–Crippen MR) is 69.6 cm³/mol. The van der Waals surface area contributed by atoms with Crippen LogP contribution in [0.15, 0.2) is 41.3 Å². The molecule has 112 valence electrons. The Morgan fingerprint density at radius 3 is 2.14 bits per heavy atom. The van der Waals surface area contributed by atoms with Gasteiger partial charge < -0.3 is 10.5 Å². The van der Waals surface area contributed by atoms with E-state index in [1.165, 1.54) is 24.3 Å². The first-order valence-electron chi connectivity index (χ1n) is 5.85. The van der Waals surface area contributed by atoms with Crippen molar-refractivity contribution in [2.75, 3.05) is 0 Å². The van der Waals surface area contributed by atoms with Gasteiger partial charge in [-0.1, -0.05) is 23.9 Å². The van der Waals surface area contributed by atoms with Gasteiger partial charge in [-0.2, -0.15) is 0 Å². The first kappa shape index (κ1) is 15.3. The lowest BCUT2D eigenvalue weighted by molar-refractivity contribution is -0.386. The lowest BCUT2D eigenvalue weighted by atomic mass is 10.2. The zero-order valence-electron chi connectivity index (χ0n) is 10.7. The fraction of sp³-hybridized carbons (Fsp3) is 0.0769. The Kier molecular flexibility index (Phi) is 4.19. The summed E-state index contributed by atoms with van der Waals surface area (Å²) < 4.78 is 66.5. The predicted octanol–water partition coefficient (Wildman–Crippen LogP) is 2.24. The molecule has 0 atom stereocenters. The smallest absolute Gasteiger partial charge is 0.193 e. The number of quaternary nitrogens is 1. The molecule has 0 aromatic heterocycles. The maximum absolute atomic E-state index is 13.4. The third kappa shape index (κ3) is 3.17. The zero-order valence-corrected chi connectivity index (χ0v) is 11.5. The van der Waals surface area contributed by atoms with Gasteiger partial charge in [0.2, 0.25) is 0 Å². The minimum absolute atomic E-state index is 0.177. The van der Waals surface area contributed by atoms with E-state index in [2.05, 4.69) is 10.5 Å². The van der Waals surface area contributed by atoms with Crippen LogP contribution in [0.2, 0.25) is 0 Å². The fourth-order valence-corrected chi connectivity index (χ4v) is 2.58. The van der Waals surface area contributed by atoms with Gasteiger partial charge in [-0.15, -0.1) is 0 Å². The van der Waals surface area contributed by atoms with E-state index in [4.69, 9.17) is 0 Å². The molecule has 0 amide bonds. The maximum atomic E-state index is 13.4. The van der Waals surface area contributed by atoms with Crippen molar-refractivity contribution in [3.63, 3.8) is 0 Å². The Balaban J connectivity index is 2.35. The van der Waals surface area contributed by atoms with Crippen LogP contribution in [0.4, 0.5) is 18.9 Å². The largest absolute Gasteiger partial charge is 0.570 e. The van der Waals surface area contributed by atoms with Gasteiger partial charge in [0.1, 0.15) is 15.8 Å². The molecule has 0 heterocycles. The number of rotatable bonds is 4. The summed E-state index contributed by atoms with van der Waals surface area (Å²) in [6.45, 7) is 0.481. The highest BCUT2D eigenvalue weighted by atomic mass is 32.2. The summed E-state index contributed by atoms with van der Waals surface area (Å²) in [5.74, 6) is -4.82. The van der Waals surface area contributed by atoms with E-state index in [1.54, 1.807) is 0 Å². The first-order valence-corrected chi connectivity index (χ1v) is 7.29. The monoisotopic (exact) mass is 316 g/mol.